The van der Waals surface area contributed by atoms with Crippen LogP contribution in [0.3, 0.4) is 0 Å². The van der Waals surface area contributed by atoms with Crippen molar-refractivity contribution in [2.75, 3.05) is 6.54 Å². The molecule has 0 aliphatic heterocycles. The minimum absolute atomic E-state index is 0.0527. The highest BCUT2D eigenvalue weighted by Crippen LogP contribution is 2.36. The van der Waals surface area contributed by atoms with Crippen LogP contribution in [0, 0.1) is 11.6 Å². The first-order valence-electron chi connectivity index (χ1n) is 8.37. The molecule has 0 radical (unpaired) electrons. The van der Waals surface area contributed by atoms with Crippen LogP contribution in [0.25, 0.3) is 0 Å². The van der Waals surface area contributed by atoms with E-state index in [1.165, 1.54) is 25.1 Å². The minimum atomic E-state index is -4.15. The highest BCUT2D eigenvalue weighted by molar-refractivity contribution is 7.91. The number of fused-ring (bicyclic) bond motifs is 1. The molecule has 0 saturated carbocycles. The Bertz CT molecular complexity index is 957. The third-order valence-corrected chi connectivity index (χ3v) is 6.43. The van der Waals surface area contributed by atoms with Crippen LogP contribution in [0.4, 0.5) is 8.78 Å². The molecule has 138 valence electrons. The average molecular weight is 379 g/mol. The number of halogens is 2. The van der Waals surface area contributed by atoms with Crippen molar-refractivity contribution in [3.63, 3.8) is 0 Å². The van der Waals surface area contributed by atoms with Crippen LogP contribution in [0.2, 0.25) is 0 Å². The van der Waals surface area contributed by atoms with Crippen LogP contribution in [-0.4, -0.2) is 20.9 Å². The summed E-state index contributed by atoms with van der Waals surface area (Å²) in [4.78, 5) is 10.4. The molecule has 2 aromatic rings. The zero-order valence-corrected chi connectivity index (χ0v) is 15.1. The number of nitrogens with one attached hydrogen (secondary N) is 1. The number of sulfone groups is 1. The monoisotopic (exact) mass is 379 g/mol. The summed E-state index contributed by atoms with van der Waals surface area (Å²) in [6.45, 7) is 1.80. The normalized spacial score (nSPS) is 16.8. The summed E-state index contributed by atoms with van der Waals surface area (Å²) in [6.07, 6.45) is 1.94. The quantitative estimate of drug-likeness (QED) is 0.886. The number of carbonyl (C=O) groups is 1. The molecule has 1 N–H and O–H groups in total. The Morgan fingerprint density at radius 2 is 2.00 bits per heavy atom. The molecule has 0 spiro atoms. The number of hydrogen-bond donors (Lipinski definition) is 1. The fourth-order valence-corrected chi connectivity index (χ4v) is 4.77. The van der Waals surface area contributed by atoms with Crippen LogP contribution in [0.1, 0.15) is 36.8 Å². The van der Waals surface area contributed by atoms with Crippen molar-refractivity contribution in [2.24, 2.45) is 0 Å². The number of hydrogen-bond acceptors (Lipinski definition) is 3. The van der Waals surface area contributed by atoms with Gasteiger partial charge in [0.2, 0.25) is 15.7 Å². The molecular weight excluding hydrogens is 360 g/mol. The fourth-order valence-electron chi connectivity index (χ4n) is 3.38. The Balaban J connectivity index is 2.03. The van der Waals surface area contributed by atoms with Crippen LogP contribution in [-0.2, 0) is 21.1 Å². The molecule has 0 saturated heterocycles. The van der Waals surface area contributed by atoms with E-state index in [-0.39, 0.29) is 16.7 Å². The van der Waals surface area contributed by atoms with Crippen molar-refractivity contribution < 1.29 is 22.0 Å². The lowest BCUT2D eigenvalue weighted by Gasteiger charge is -2.26. The number of benzene rings is 2. The van der Waals surface area contributed by atoms with Gasteiger partial charge in [0.15, 0.2) is 0 Å². The van der Waals surface area contributed by atoms with Crippen LogP contribution >= 0.6 is 0 Å². The molecule has 1 aliphatic carbocycles. The van der Waals surface area contributed by atoms with Crippen molar-refractivity contribution in [3.8, 4) is 0 Å². The van der Waals surface area contributed by atoms with Gasteiger partial charge in [0, 0.05) is 19.4 Å². The lowest BCUT2D eigenvalue weighted by Crippen LogP contribution is -2.28. The first kappa shape index (κ1) is 18.5. The second kappa shape index (κ2) is 7.15. The fraction of sp³-hybridized carbons (Fsp3) is 0.316. The van der Waals surface area contributed by atoms with Gasteiger partial charge in [0.1, 0.15) is 16.5 Å². The predicted octanol–water partition coefficient (Wildman–Crippen LogP) is 3.35. The number of rotatable bonds is 4. The maximum absolute atomic E-state index is 15.0. The van der Waals surface area contributed by atoms with E-state index in [1.54, 1.807) is 6.07 Å². The summed E-state index contributed by atoms with van der Waals surface area (Å²) < 4.78 is 53.9. The molecule has 1 amide bonds. The number of carbonyl (C=O) groups excluding carboxylic acids is 1. The molecule has 0 fully saturated rings. The highest BCUT2D eigenvalue weighted by atomic mass is 32.2. The molecule has 3 rings (SSSR count). The molecule has 0 heterocycles. The summed E-state index contributed by atoms with van der Waals surface area (Å²) in [5, 5.41) is 2.73. The van der Waals surface area contributed by atoms with Crippen molar-refractivity contribution in [2.45, 2.75) is 41.9 Å². The smallest absolute Gasteiger partial charge is 0.216 e. The molecule has 7 heteroatoms. The van der Waals surface area contributed by atoms with E-state index in [4.69, 9.17) is 0 Å². The molecule has 2 aromatic carbocycles. The molecule has 1 unspecified atom stereocenters. The van der Waals surface area contributed by atoms with Crippen LogP contribution in [0.15, 0.2) is 46.2 Å². The Kier molecular flexibility index (Phi) is 5.09. The third-order valence-electron chi connectivity index (χ3n) is 4.66. The van der Waals surface area contributed by atoms with Gasteiger partial charge in [0.25, 0.3) is 0 Å². The van der Waals surface area contributed by atoms with E-state index in [0.717, 1.165) is 24.1 Å². The highest BCUT2D eigenvalue weighted by Gasteiger charge is 2.29. The Morgan fingerprint density at radius 3 is 2.69 bits per heavy atom. The number of amides is 1. The second-order valence-electron chi connectivity index (χ2n) is 6.43. The summed E-state index contributed by atoms with van der Waals surface area (Å²) in [5.41, 5.74) is 1.09. The minimum Gasteiger partial charge on any atom is -0.356 e. The maximum atomic E-state index is 15.0. The van der Waals surface area contributed by atoms with Gasteiger partial charge < -0.3 is 5.32 Å². The van der Waals surface area contributed by atoms with Crippen molar-refractivity contribution in [1.29, 1.82) is 0 Å². The van der Waals surface area contributed by atoms with Crippen molar-refractivity contribution in [1.82, 2.24) is 5.32 Å². The van der Waals surface area contributed by atoms with Gasteiger partial charge in [-0.2, -0.15) is 0 Å². The van der Waals surface area contributed by atoms with Gasteiger partial charge in [-0.3, -0.25) is 4.79 Å². The lowest BCUT2D eigenvalue weighted by atomic mass is 9.82. The Morgan fingerprint density at radius 1 is 1.23 bits per heavy atom. The predicted molar refractivity (Wildman–Crippen MR) is 92.6 cm³/mol. The van der Waals surface area contributed by atoms with E-state index < -0.39 is 26.4 Å². The van der Waals surface area contributed by atoms with E-state index in [0.29, 0.717) is 24.9 Å². The summed E-state index contributed by atoms with van der Waals surface area (Å²) in [6, 6.07) is 7.39. The molecule has 0 aromatic heterocycles. The summed E-state index contributed by atoms with van der Waals surface area (Å²) in [7, 11) is -4.15. The van der Waals surface area contributed by atoms with E-state index in [9.17, 15) is 17.6 Å². The molecular formula is C19H19F2NO3S. The van der Waals surface area contributed by atoms with Gasteiger partial charge in [-0.1, -0.05) is 12.1 Å². The Hall–Kier alpha value is -2.28. The second-order valence-corrected chi connectivity index (χ2v) is 8.35. The van der Waals surface area contributed by atoms with Gasteiger partial charge in [0.05, 0.1) is 4.90 Å². The van der Waals surface area contributed by atoms with E-state index in [2.05, 4.69) is 5.32 Å². The van der Waals surface area contributed by atoms with E-state index in [1.807, 2.05) is 0 Å². The molecule has 26 heavy (non-hydrogen) atoms. The molecule has 1 atom stereocenters. The SMILES string of the molecule is CC(=O)NCC1CCCc2c1ccc(S(=O)(=O)c1cccc(F)c1)c2F. The molecule has 4 nitrogen and oxygen atoms in total. The molecule has 0 bridgehead atoms. The van der Waals surface area contributed by atoms with Crippen LogP contribution in [0.5, 0.6) is 0 Å². The summed E-state index contributed by atoms with van der Waals surface area (Å²) >= 11 is 0. The zero-order chi connectivity index (χ0) is 18.9. The zero-order valence-electron chi connectivity index (χ0n) is 14.3. The average Bonchev–Trinajstić information content (AvgIpc) is 2.60. The lowest BCUT2D eigenvalue weighted by molar-refractivity contribution is -0.119. The van der Waals surface area contributed by atoms with Crippen molar-refractivity contribution >= 4 is 15.7 Å². The summed E-state index contributed by atoms with van der Waals surface area (Å²) in [5.74, 6) is -1.69. The van der Waals surface area contributed by atoms with Gasteiger partial charge in [-0.25, -0.2) is 17.2 Å². The topological polar surface area (TPSA) is 63.2 Å². The Labute approximate surface area is 151 Å². The van der Waals surface area contributed by atoms with Crippen molar-refractivity contribution in [3.05, 3.63) is 59.2 Å². The third kappa shape index (κ3) is 3.49. The molecule has 1 aliphatic rings. The first-order chi connectivity index (χ1) is 12.3. The van der Waals surface area contributed by atoms with Crippen LogP contribution < -0.4 is 5.32 Å². The largest absolute Gasteiger partial charge is 0.356 e. The van der Waals surface area contributed by atoms with Gasteiger partial charge >= 0.3 is 0 Å². The van der Waals surface area contributed by atoms with Gasteiger partial charge in [-0.05, 0) is 54.7 Å². The standard InChI is InChI=1S/C19H19F2NO3S/c1-12(23)22-11-13-4-2-7-17-16(13)8-9-18(19(17)21)26(24,25)15-6-3-5-14(20)10-15/h3,5-6,8-10,13H,2,4,7,11H2,1H3,(H,22,23). The van der Waals surface area contributed by atoms with Gasteiger partial charge in [-0.15, -0.1) is 0 Å². The first-order valence-corrected chi connectivity index (χ1v) is 9.85. The van der Waals surface area contributed by atoms with E-state index >= 15 is 4.39 Å². The maximum Gasteiger partial charge on any atom is 0.216 e.